The van der Waals surface area contributed by atoms with Crippen LogP contribution in [0, 0.1) is 13.8 Å². The van der Waals surface area contributed by atoms with E-state index in [0.717, 1.165) is 22.3 Å². The average Bonchev–Trinajstić information content (AvgIpc) is 3.11. The summed E-state index contributed by atoms with van der Waals surface area (Å²) in [4.78, 5) is 27.6. The fourth-order valence-electron chi connectivity index (χ4n) is 4.37. The molecule has 0 spiro atoms. The van der Waals surface area contributed by atoms with Crippen LogP contribution in [0.2, 0.25) is 0 Å². The number of ether oxygens (including phenoxy) is 2. The zero-order valence-corrected chi connectivity index (χ0v) is 20.2. The van der Waals surface area contributed by atoms with Crippen molar-refractivity contribution in [2.45, 2.75) is 26.5 Å². The van der Waals surface area contributed by atoms with Gasteiger partial charge in [0.1, 0.15) is 18.1 Å². The number of hydrogen-bond acceptors (Lipinski definition) is 5. The number of aryl methyl sites for hydroxylation is 2. The van der Waals surface area contributed by atoms with Gasteiger partial charge in [0, 0.05) is 19.2 Å². The maximum absolute atomic E-state index is 13.1. The lowest BCUT2D eigenvalue weighted by molar-refractivity contribution is -0.140. The van der Waals surface area contributed by atoms with Crippen LogP contribution in [0.4, 0.5) is 0 Å². The minimum atomic E-state index is -0.700. The second-order valence-corrected chi connectivity index (χ2v) is 8.60. The first-order valence-corrected chi connectivity index (χ1v) is 11.5. The number of hydrogen-bond donors (Lipinski definition) is 1. The summed E-state index contributed by atoms with van der Waals surface area (Å²) in [5, 5.41) is 11.3. The molecule has 0 aliphatic carbocycles. The SMILES string of the molecule is COCCN1C(=O)C(=O)/C(=C(/O)c2ccc(OCc3ccccc3)c(C)c2)C1c1ccccc1C. The van der Waals surface area contributed by atoms with Crippen molar-refractivity contribution in [1.29, 1.82) is 0 Å². The quantitative estimate of drug-likeness (QED) is 0.286. The molecule has 1 aliphatic heterocycles. The number of benzene rings is 3. The molecule has 4 rings (SSSR count). The monoisotopic (exact) mass is 471 g/mol. The predicted molar refractivity (Wildman–Crippen MR) is 134 cm³/mol. The number of amides is 1. The fourth-order valence-corrected chi connectivity index (χ4v) is 4.37. The van der Waals surface area contributed by atoms with E-state index in [4.69, 9.17) is 9.47 Å². The third kappa shape index (κ3) is 4.98. The molecule has 0 aromatic heterocycles. The molecule has 1 amide bonds. The summed E-state index contributed by atoms with van der Waals surface area (Å²) in [5.41, 5.74) is 4.12. The molecule has 3 aromatic rings. The molecular formula is C29H29NO5. The second-order valence-electron chi connectivity index (χ2n) is 8.60. The number of nitrogens with zero attached hydrogens (tertiary/aromatic N) is 1. The van der Waals surface area contributed by atoms with Gasteiger partial charge in [0.25, 0.3) is 11.7 Å². The van der Waals surface area contributed by atoms with E-state index in [1.165, 1.54) is 4.90 Å². The number of ketones is 1. The van der Waals surface area contributed by atoms with Gasteiger partial charge in [-0.25, -0.2) is 0 Å². The molecule has 1 heterocycles. The molecule has 0 saturated carbocycles. The van der Waals surface area contributed by atoms with Crippen molar-refractivity contribution in [3.63, 3.8) is 0 Å². The third-order valence-electron chi connectivity index (χ3n) is 6.24. The van der Waals surface area contributed by atoms with Crippen molar-refractivity contribution in [3.8, 4) is 5.75 Å². The maximum Gasteiger partial charge on any atom is 0.295 e. The number of carbonyl (C=O) groups excluding carboxylic acids is 2. The molecule has 180 valence electrons. The van der Waals surface area contributed by atoms with Gasteiger partial charge in [-0.1, -0.05) is 54.6 Å². The Kier molecular flexibility index (Phi) is 7.32. The van der Waals surface area contributed by atoms with Gasteiger partial charge in [-0.2, -0.15) is 0 Å². The molecular weight excluding hydrogens is 442 g/mol. The number of rotatable bonds is 8. The topological polar surface area (TPSA) is 76.1 Å². The smallest absolute Gasteiger partial charge is 0.295 e. The first kappa shape index (κ1) is 24.2. The molecule has 35 heavy (non-hydrogen) atoms. The second kappa shape index (κ2) is 10.6. The van der Waals surface area contributed by atoms with E-state index in [-0.39, 0.29) is 24.5 Å². The van der Waals surface area contributed by atoms with E-state index in [2.05, 4.69) is 0 Å². The number of methoxy groups -OCH3 is 1. The lowest BCUT2D eigenvalue weighted by Gasteiger charge is -2.26. The highest BCUT2D eigenvalue weighted by Crippen LogP contribution is 2.40. The molecule has 6 nitrogen and oxygen atoms in total. The van der Waals surface area contributed by atoms with Crippen LogP contribution in [0.5, 0.6) is 5.75 Å². The summed E-state index contributed by atoms with van der Waals surface area (Å²) >= 11 is 0. The number of carbonyl (C=O) groups is 2. The number of Topliss-reactive ketones (excluding diaryl/α,β-unsaturated/α-hetero) is 1. The van der Waals surface area contributed by atoms with Gasteiger partial charge < -0.3 is 19.5 Å². The normalized spacial score (nSPS) is 17.1. The van der Waals surface area contributed by atoms with Crippen molar-refractivity contribution < 1.29 is 24.2 Å². The van der Waals surface area contributed by atoms with E-state index in [9.17, 15) is 14.7 Å². The molecule has 1 fully saturated rings. The highest BCUT2D eigenvalue weighted by Gasteiger charge is 2.46. The minimum absolute atomic E-state index is 0.0813. The molecule has 3 aromatic carbocycles. The summed E-state index contributed by atoms with van der Waals surface area (Å²) in [6.45, 7) is 4.75. The molecule has 0 radical (unpaired) electrons. The number of aliphatic hydroxyl groups excluding tert-OH is 1. The van der Waals surface area contributed by atoms with E-state index in [0.29, 0.717) is 17.9 Å². The Morgan fingerprint density at radius 1 is 0.943 bits per heavy atom. The molecule has 0 bridgehead atoms. The Morgan fingerprint density at radius 3 is 2.34 bits per heavy atom. The first-order chi connectivity index (χ1) is 16.9. The van der Waals surface area contributed by atoms with E-state index >= 15 is 0 Å². The van der Waals surface area contributed by atoms with E-state index < -0.39 is 17.7 Å². The molecule has 1 saturated heterocycles. The van der Waals surface area contributed by atoms with Crippen LogP contribution in [0.1, 0.15) is 33.9 Å². The Hall–Kier alpha value is -3.90. The molecule has 1 aliphatic rings. The van der Waals surface area contributed by atoms with Crippen molar-refractivity contribution >= 4 is 17.4 Å². The van der Waals surface area contributed by atoms with Gasteiger partial charge in [0.2, 0.25) is 0 Å². The summed E-state index contributed by atoms with van der Waals surface area (Å²) in [6, 6.07) is 22.0. The third-order valence-corrected chi connectivity index (χ3v) is 6.24. The summed E-state index contributed by atoms with van der Waals surface area (Å²) in [7, 11) is 1.55. The Balaban J connectivity index is 1.71. The van der Waals surface area contributed by atoms with Crippen LogP contribution in [0.15, 0.2) is 78.4 Å². The van der Waals surface area contributed by atoms with E-state index in [1.54, 1.807) is 25.3 Å². The fraction of sp³-hybridized carbons (Fsp3) is 0.241. The Labute approximate surface area is 205 Å². The van der Waals surface area contributed by atoms with Gasteiger partial charge >= 0.3 is 0 Å². The average molecular weight is 472 g/mol. The van der Waals surface area contributed by atoms with Crippen molar-refractivity contribution in [1.82, 2.24) is 4.90 Å². The van der Waals surface area contributed by atoms with Crippen LogP contribution in [-0.2, 0) is 20.9 Å². The zero-order valence-electron chi connectivity index (χ0n) is 20.2. The van der Waals surface area contributed by atoms with Crippen LogP contribution < -0.4 is 4.74 Å². The first-order valence-electron chi connectivity index (χ1n) is 11.5. The highest BCUT2D eigenvalue weighted by molar-refractivity contribution is 6.46. The largest absolute Gasteiger partial charge is 0.507 e. The zero-order chi connectivity index (χ0) is 24.9. The Morgan fingerprint density at radius 2 is 1.66 bits per heavy atom. The summed E-state index contributed by atoms with van der Waals surface area (Å²) in [5.74, 6) is -0.860. The molecule has 1 atom stereocenters. The molecule has 1 N–H and O–H groups in total. The van der Waals surface area contributed by atoms with Crippen molar-refractivity contribution in [2.24, 2.45) is 0 Å². The standard InChI is InChI=1S/C29H29NO5/c1-19-9-7-8-12-23(19)26-25(28(32)29(33)30(26)15-16-34-3)27(31)22-13-14-24(20(2)17-22)35-18-21-10-5-4-6-11-21/h4-14,17,26,31H,15-16,18H2,1-3H3/b27-25+. The predicted octanol–water partition coefficient (Wildman–Crippen LogP) is 4.95. The lowest BCUT2D eigenvalue weighted by atomic mass is 9.92. The van der Waals surface area contributed by atoms with Gasteiger partial charge in [0.15, 0.2) is 0 Å². The van der Waals surface area contributed by atoms with Crippen LogP contribution in [-0.4, -0.2) is 42.0 Å². The van der Waals surface area contributed by atoms with Crippen LogP contribution in [0.25, 0.3) is 5.76 Å². The highest BCUT2D eigenvalue weighted by atomic mass is 16.5. The maximum atomic E-state index is 13.1. The van der Waals surface area contributed by atoms with Crippen LogP contribution in [0.3, 0.4) is 0 Å². The van der Waals surface area contributed by atoms with Crippen LogP contribution >= 0.6 is 0 Å². The van der Waals surface area contributed by atoms with Crippen molar-refractivity contribution in [3.05, 3.63) is 106 Å². The van der Waals surface area contributed by atoms with Gasteiger partial charge in [-0.3, -0.25) is 9.59 Å². The Bertz CT molecular complexity index is 1270. The molecule has 6 heteroatoms. The molecule has 1 unspecified atom stereocenters. The number of likely N-dealkylation sites (tertiary alicyclic amines) is 1. The van der Waals surface area contributed by atoms with Gasteiger partial charge in [0.05, 0.1) is 18.2 Å². The van der Waals surface area contributed by atoms with Crippen molar-refractivity contribution in [2.75, 3.05) is 20.3 Å². The van der Waals surface area contributed by atoms with E-state index in [1.807, 2.05) is 68.4 Å². The summed E-state index contributed by atoms with van der Waals surface area (Å²) < 4.78 is 11.1. The lowest BCUT2D eigenvalue weighted by Crippen LogP contribution is -2.32. The van der Waals surface area contributed by atoms with Gasteiger partial charge in [-0.05, 0) is 54.3 Å². The summed E-state index contributed by atoms with van der Waals surface area (Å²) in [6.07, 6.45) is 0. The van der Waals surface area contributed by atoms with Gasteiger partial charge in [-0.15, -0.1) is 0 Å². The number of aliphatic hydroxyl groups is 1. The minimum Gasteiger partial charge on any atom is -0.507 e.